The van der Waals surface area contributed by atoms with Crippen LogP contribution in [0.15, 0.2) is 59.6 Å². The number of para-hydroxylation sites is 1. The van der Waals surface area contributed by atoms with Crippen LogP contribution in [0.25, 0.3) is 0 Å². The molecule has 2 aromatic carbocycles. The first-order valence-electron chi connectivity index (χ1n) is 9.78. The minimum Gasteiger partial charge on any atom is -0.491 e. The number of aliphatic imine (C=N–C) groups is 1. The minimum absolute atomic E-state index is 0. The number of nitro benzene ring substituents is 1. The predicted octanol–water partition coefficient (Wildman–Crippen LogP) is 3.91. The van der Waals surface area contributed by atoms with Crippen molar-refractivity contribution >= 4 is 41.3 Å². The number of aliphatic hydroxyl groups is 1. The van der Waals surface area contributed by atoms with E-state index in [0.717, 1.165) is 37.6 Å². The third-order valence-corrected chi connectivity index (χ3v) is 4.63. The van der Waals surface area contributed by atoms with E-state index in [0.29, 0.717) is 5.75 Å². The first-order valence-corrected chi connectivity index (χ1v) is 9.78. The van der Waals surface area contributed by atoms with Gasteiger partial charge in [-0.25, -0.2) is 4.99 Å². The molecule has 8 nitrogen and oxygen atoms in total. The summed E-state index contributed by atoms with van der Waals surface area (Å²) in [6.07, 6.45) is 2.69. The van der Waals surface area contributed by atoms with E-state index < -0.39 is 11.0 Å². The lowest BCUT2D eigenvalue weighted by molar-refractivity contribution is -0.384. The molecule has 1 fully saturated rings. The number of hydrogen-bond acceptors (Lipinski definition) is 5. The van der Waals surface area contributed by atoms with Crippen LogP contribution in [-0.4, -0.2) is 53.2 Å². The first-order chi connectivity index (χ1) is 14.1. The number of aliphatic hydroxyl groups excluding tert-OH is 1. The molecule has 1 heterocycles. The smallest absolute Gasteiger partial charge is 0.269 e. The highest BCUT2D eigenvalue weighted by Gasteiger charge is 2.16. The lowest BCUT2D eigenvalue weighted by atomic mass is 10.1. The van der Waals surface area contributed by atoms with E-state index in [1.54, 1.807) is 0 Å². The Balaban J connectivity index is 0.00000320. The van der Waals surface area contributed by atoms with E-state index in [2.05, 4.69) is 15.2 Å². The summed E-state index contributed by atoms with van der Waals surface area (Å²) < 4.78 is 5.52. The molecule has 9 heteroatoms. The van der Waals surface area contributed by atoms with E-state index in [-0.39, 0.29) is 42.8 Å². The molecule has 162 valence electrons. The van der Waals surface area contributed by atoms with Crippen LogP contribution in [-0.2, 0) is 0 Å². The van der Waals surface area contributed by atoms with Crippen molar-refractivity contribution in [2.75, 3.05) is 31.6 Å². The topological polar surface area (TPSA) is 100 Å². The normalized spacial score (nSPS) is 15.1. The van der Waals surface area contributed by atoms with Gasteiger partial charge in [0.05, 0.1) is 11.5 Å². The van der Waals surface area contributed by atoms with Crippen LogP contribution in [0.2, 0.25) is 0 Å². The van der Waals surface area contributed by atoms with Crippen molar-refractivity contribution in [1.29, 1.82) is 0 Å². The van der Waals surface area contributed by atoms with Crippen LogP contribution < -0.4 is 10.1 Å². The summed E-state index contributed by atoms with van der Waals surface area (Å²) in [5.41, 5.74) is 0.953. The minimum atomic E-state index is -0.789. The maximum Gasteiger partial charge on any atom is 0.269 e. The summed E-state index contributed by atoms with van der Waals surface area (Å²) in [6, 6.07) is 15.6. The number of rotatable bonds is 7. The zero-order chi connectivity index (χ0) is 20.5. The summed E-state index contributed by atoms with van der Waals surface area (Å²) in [5.74, 6) is 1.22. The third-order valence-electron chi connectivity index (χ3n) is 4.63. The van der Waals surface area contributed by atoms with E-state index in [4.69, 9.17) is 4.74 Å². The molecule has 1 aliphatic rings. The Labute approximate surface area is 193 Å². The van der Waals surface area contributed by atoms with Crippen molar-refractivity contribution in [1.82, 2.24) is 4.90 Å². The molecule has 3 rings (SSSR count). The van der Waals surface area contributed by atoms with Gasteiger partial charge in [-0.15, -0.1) is 24.0 Å². The number of nitro groups is 1. The van der Waals surface area contributed by atoms with Gasteiger partial charge in [0.25, 0.3) is 5.69 Å². The molecule has 2 N–H and O–H groups in total. The molecule has 0 amide bonds. The number of likely N-dealkylation sites (tertiary alicyclic amines) is 1. The van der Waals surface area contributed by atoms with E-state index in [1.807, 2.05) is 30.3 Å². The quantitative estimate of drug-likeness (QED) is 0.187. The Kier molecular flexibility index (Phi) is 9.81. The van der Waals surface area contributed by atoms with Gasteiger partial charge in [-0.05, 0) is 43.5 Å². The summed E-state index contributed by atoms with van der Waals surface area (Å²) in [4.78, 5) is 17.0. The number of benzene rings is 2. The van der Waals surface area contributed by atoms with Gasteiger partial charge in [-0.2, -0.15) is 0 Å². The molecule has 1 atom stereocenters. The number of anilines is 1. The van der Waals surface area contributed by atoms with Crippen LogP contribution >= 0.6 is 24.0 Å². The average Bonchev–Trinajstić information content (AvgIpc) is 2.76. The molecule has 0 bridgehead atoms. The number of non-ortho nitro benzene ring substituents is 1. The number of ether oxygens (including phenoxy) is 1. The van der Waals surface area contributed by atoms with Crippen molar-refractivity contribution in [3.8, 4) is 5.75 Å². The second kappa shape index (κ2) is 12.3. The van der Waals surface area contributed by atoms with E-state index in [9.17, 15) is 15.2 Å². The molecule has 1 aliphatic heterocycles. The van der Waals surface area contributed by atoms with Crippen molar-refractivity contribution < 1.29 is 14.8 Å². The van der Waals surface area contributed by atoms with E-state index in [1.165, 1.54) is 30.7 Å². The molecular formula is C21H27IN4O4. The standard InChI is InChI=1S/C21H26N4O4.HI/c26-19(16-29-20-11-9-18(10-12-20)25(27)28)15-22-21(24-13-5-2-6-14-24)23-17-7-3-1-4-8-17;/h1,3-4,7-12,19,26H,2,5-6,13-16H2,(H,22,23);1H. The maximum absolute atomic E-state index is 10.7. The summed E-state index contributed by atoms with van der Waals surface area (Å²) in [5, 5.41) is 24.3. The Morgan fingerprint density at radius 1 is 1.13 bits per heavy atom. The Morgan fingerprint density at radius 3 is 2.43 bits per heavy atom. The van der Waals surface area contributed by atoms with Gasteiger partial charge in [0.1, 0.15) is 18.5 Å². The number of piperidine rings is 1. The molecular weight excluding hydrogens is 499 g/mol. The third kappa shape index (κ3) is 7.45. The van der Waals surface area contributed by atoms with Gasteiger partial charge in [0.15, 0.2) is 5.96 Å². The molecule has 2 aromatic rings. The molecule has 0 aliphatic carbocycles. The Bertz CT molecular complexity index is 812. The molecule has 0 aromatic heterocycles. The fraction of sp³-hybridized carbons (Fsp3) is 0.381. The summed E-state index contributed by atoms with van der Waals surface area (Å²) in [7, 11) is 0. The number of nitrogens with one attached hydrogen (secondary N) is 1. The largest absolute Gasteiger partial charge is 0.491 e. The molecule has 1 saturated heterocycles. The van der Waals surface area contributed by atoms with Crippen LogP contribution in [0.3, 0.4) is 0 Å². The van der Waals surface area contributed by atoms with Crippen LogP contribution in [0.4, 0.5) is 11.4 Å². The molecule has 0 saturated carbocycles. The summed E-state index contributed by atoms with van der Waals surface area (Å²) >= 11 is 0. The average molecular weight is 526 g/mol. The van der Waals surface area contributed by atoms with Crippen LogP contribution in [0.5, 0.6) is 5.75 Å². The summed E-state index contributed by atoms with van der Waals surface area (Å²) in [6.45, 7) is 2.13. The molecule has 1 unspecified atom stereocenters. The lowest BCUT2D eigenvalue weighted by Crippen LogP contribution is -2.40. The Hall–Kier alpha value is -2.40. The first kappa shape index (κ1) is 23.9. The highest BCUT2D eigenvalue weighted by atomic mass is 127. The molecule has 30 heavy (non-hydrogen) atoms. The van der Waals surface area contributed by atoms with Gasteiger partial charge in [-0.1, -0.05) is 18.2 Å². The predicted molar refractivity (Wildman–Crippen MR) is 128 cm³/mol. The van der Waals surface area contributed by atoms with Crippen molar-refractivity contribution in [3.63, 3.8) is 0 Å². The highest BCUT2D eigenvalue weighted by Crippen LogP contribution is 2.17. The van der Waals surface area contributed by atoms with Gasteiger partial charge in [-0.3, -0.25) is 10.1 Å². The van der Waals surface area contributed by atoms with Crippen molar-refractivity contribution in [3.05, 3.63) is 64.7 Å². The molecule has 0 spiro atoms. The van der Waals surface area contributed by atoms with Crippen LogP contribution in [0, 0.1) is 10.1 Å². The maximum atomic E-state index is 10.7. The zero-order valence-electron chi connectivity index (χ0n) is 16.6. The van der Waals surface area contributed by atoms with Gasteiger partial charge in [0, 0.05) is 30.9 Å². The Morgan fingerprint density at radius 2 is 1.80 bits per heavy atom. The van der Waals surface area contributed by atoms with E-state index >= 15 is 0 Å². The van der Waals surface area contributed by atoms with Crippen molar-refractivity contribution in [2.24, 2.45) is 4.99 Å². The number of guanidine groups is 1. The number of nitrogens with zero attached hydrogens (tertiary/aromatic N) is 3. The zero-order valence-corrected chi connectivity index (χ0v) is 19.0. The van der Waals surface area contributed by atoms with Crippen LogP contribution in [0.1, 0.15) is 19.3 Å². The monoisotopic (exact) mass is 526 g/mol. The second-order valence-electron chi connectivity index (χ2n) is 6.92. The second-order valence-corrected chi connectivity index (χ2v) is 6.92. The highest BCUT2D eigenvalue weighted by molar-refractivity contribution is 14.0. The fourth-order valence-corrected chi connectivity index (χ4v) is 3.08. The fourth-order valence-electron chi connectivity index (χ4n) is 3.08. The SMILES string of the molecule is I.O=[N+]([O-])c1ccc(OCC(O)CN=C(Nc2ccccc2)N2CCCCC2)cc1. The number of halogens is 1. The van der Waals surface area contributed by atoms with Gasteiger partial charge < -0.3 is 20.1 Å². The van der Waals surface area contributed by atoms with Gasteiger partial charge in [0.2, 0.25) is 0 Å². The number of hydrogen-bond donors (Lipinski definition) is 2. The lowest BCUT2D eigenvalue weighted by Gasteiger charge is -2.30. The van der Waals surface area contributed by atoms with Gasteiger partial charge >= 0.3 is 0 Å². The van der Waals surface area contributed by atoms with Crippen molar-refractivity contribution in [2.45, 2.75) is 25.4 Å². The molecule has 0 radical (unpaired) electrons.